The van der Waals surface area contributed by atoms with E-state index in [0.29, 0.717) is 10.0 Å². The molecule has 130 valence electrons. The van der Waals surface area contributed by atoms with Gasteiger partial charge in [-0.25, -0.2) is 8.42 Å². The maximum Gasteiger partial charge on any atom is 0.271 e. The van der Waals surface area contributed by atoms with Gasteiger partial charge in [0.25, 0.3) is 10.0 Å². The SMILES string of the molecule is CCCN1CCc2ccc(NS(=O)(=O)c3ccc(Cl)s3)cc2CC1. The molecule has 0 radical (unpaired) electrons. The maximum atomic E-state index is 12.4. The first-order chi connectivity index (χ1) is 11.5. The van der Waals surface area contributed by atoms with E-state index in [1.54, 1.807) is 6.07 Å². The summed E-state index contributed by atoms with van der Waals surface area (Å²) in [6, 6.07) is 8.99. The van der Waals surface area contributed by atoms with Gasteiger partial charge in [-0.15, -0.1) is 11.3 Å². The molecule has 1 aliphatic heterocycles. The lowest BCUT2D eigenvalue weighted by Crippen LogP contribution is -2.27. The molecular formula is C17H21ClN2O2S2. The molecule has 0 unspecified atom stereocenters. The van der Waals surface area contributed by atoms with Crippen LogP contribution in [0.15, 0.2) is 34.5 Å². The van der Waals surface area contributed by atoms with Gasteiger partial charge in [0.05, 0.1) is 4.34 Å². The number of anilines is 1. The fourth-order valence-electron chi connectivity index (χ4n) is 3.02. The molecule has 1 aromatic carbocycles. The standard InChI is InChI=1S/C17H21ClN2O2S2/c1-2-9-20-10-7-13-3-4-15(12-14(13)8-11-20)19-24(21,22)17-6-5-16(18)23-17/h3-6,12,19H,2,7-11H2,1H3. The van der Waals surface area contributed by atoms with Crippen molar-refractivity contribution in [3.8, 4) is 0 Å². The van der Waals surface area contributed by atoms with E-state index in [0.717, 1.165) is 50.2 Å². The molecule has 3 rings (SSSR count). The lowest BCUT2D eigenvalue weighted by atomic mass is 10.0. The highest BCUT2D eigenvalue weighted by Crippen LogP contribution is 2.28. The summed E-state index contributed by atoms with van der Waals surface area (Å²) in [5, 5.41) is 0. The third-order valence-electron chi connectivity index (χ3n) is 4.21. The van der Waals surface area contributed by atoms with Crippen LogP contribution in [-0.2, 0) is 22.9 Å². The van der Waals surface area contributed by atoms with Gasteiger partial charge >= 0.3 is 0 Å². The number of benzene rings is 1. The quantitative estimate of drug-likeness (QED) is 0.847. The van der Waals surface area contributed by atoms with Gasteiger partial charge in [0.1, 0.15) is 4.21 Å². The van der Waals surface area contributed by atoms with Crippen LogP contribution in [0.1, 0.15) is 24.5 Å². The summed E-state index contributed by atoms with van der Waals surface area (Å²) in [6.45, 7) is 5.41. The minimum atomic E-state index is -3.57. The molecule has 0 fully saturated rings. The molecule has 0 saturated heterocycles. The Morgan fingerprint density at radius 3 is 2.58 bits per heavy atom. The number of hydrogen-bond acceptors (Lipinski definition) is 4. The Labute approximate surface area is 152 Å². The van der Waals surface area contributed by atoms with Gasteiger partial charge in [0.15, 0.2) is 0 Å². The van der Waals surface area contributed by atoms with E-state index in [1.807, 2.05) is 18.2 Å². The van der Waals surface area contributed by atoms with E-state index in [2.05, 4.69) is 16.5 Å². The van der Waals surface area contributed by atoms with E-state index >= 15 is 0 Å². The zero-order valence-electron chi connectivity index (χ0n) is 13.6. The molecule has 7 heteroatoms. The molecule has 1 N–H and O–H groups in total. The molecule has 0 saturated carbocycles. The van der Waals surface area contributed by atoms with Crippen LogP contribution in [0.3, 0.4) is 0 Å². The van der Waals surface area contributed by atoms with Crippen molar-refractivity contribution in [3.05, 3.63) is 45.8 Å². The Kier molecular flexibility index (Phi) is 5.49. The Balaban J connectivity index is 1.77. The van der Waals surface area contributed by atoms with Crippen LogP contribution in [0.5, 0.6) is 0 Å². The van der Waals surface area contributed by atoms with Gasteiger partial charge in [0.2, 0.25) is 0 Å². The Bertz CT molecular complexity index is 818. The summed E-state index contributed by atoms with van der Waals surface area (Å²) in [4.78, 5) is 2.47. The van der Waals surface area contributed by atoms with Crippen LogP contribution in [0.25, 0.3) is 0 Å². The fraction of sp³-hybridized carbons (Fsp3) is 0.412. The Morgan fingerprint density at radius 2 is 1.92 bits per heavy atom. The minimum Gasteiger partial charge on any atom is -0.303 e. The van der Waals surface area contributed by atoms with Crippen LogP contribution in [0.4, 0.5) is 5.69 Å². The van der Waals surface area contributed by atoms with Crippen LogP contribution in [-0.4, -0.2) is 33.0 Å². The molecule has 2 aromatic rings. The van der Waals surface area contributed by atoms with Gasteiger partial charge < -0.3 is 4.90 Å². The largest absolute Gasteiger partial charge is 0.303 e. The molecule has 1 aromatic heterocycles. The summed E-state index contributed by atoms with van der Waals surface area (Å²) in [6.07, 6.45) is 3.13. The molecule has 24 heavy (non-hydrogen) atoms. The lowest BCUT2D eigenvalue weighted by molar-refractivity contribution is 0.288. The minimum absolute atomic E-state index is 0.233. The van der Waals surface area contributed by atoms with Crippen molar-refractivity contribution >= 4 is 38.6 Å². The monoisotopic (exact) mass is 384 g/mol. The molecule has 0 spiro atoms. The second kappa shape index (κ2) is 7.44. The summed E-state index contributed by atoms with van der Waals surface area (Å²) >= 11 is 6.90. The Morgan fingerprint density at radius 1 is 1.17 bits per heavy atom. The van der Waals surface area contributed by atoms with E-state index in [-0.39, 0.29) is 4.21 Å². The van der Waals surface area contributed by atoms with Gasteiger partial charge in [-0.2, -0.15) is 0 Å². The predicted molar refractivity (Wildman–Crippen MR) is 101 cm³/mol. The number of halogens is 1. The molecular weight excluding hydrogens is 364 g/mol. The highest BCUT2D eigenvalue weighted by molar-refractivity contribution is 7.94. The average Bonchev–Trinajstić information content (AvgIpc) is 2.88. The third-order valence-corrected chi connectivity index (χ3v) is 7.31. The molecule has 4 nitrogen and oxygen atoms in total. The second-order valence-corrected chi connectivity index (χ2v) is 9.61. The summed E-state index contributed by atoms with van der Waals surface area (Å²) < 4.78 is 28.2. The number of fused-ring (bicyclic) bond motifs is 1. The average molecular weight is 385 g/mol. The topological polar surface area (TPSA) is 49.4 Å². The van der Waals surface area contributed by atoms with E-state index in [1.165, 1.54) is 17.2 Å². The number of nitrogens with zero attached hydrogens (tertiary/aromatic N) is 1. The maximum absolute atomic E-state index is 12.4. The lowest BCUT2D eigenvalue weighted by Gasteiger charge is -2.18. The van der Waals surface area contributed by atoms with Crippen molar-refractivity contribution in [2.75, 3.05) is 24.4 Å². The highest BCUT2D eigenvalue weighted by atomic mass is 35.5. The summed E-state index contributed by atoms with van der Waals surface area (Å²) in [7, 11) is -3.57. The van der Waals surface area contributed by atoms with Gasteiger partial charge in [-0.3, -0.25) is 4.72 Å². The van der Waals surface area contributed by atoms with Crippen LogP contribution in [0, 0.1) is 0 Å². The molecule has 0 bridgehead atoms. The van der Waals surface area contributed by atoms with E-state index in [4.69, 9.17) is 11.6 Å². The third kappa shape index (κ3) is 4.11. The zero-order chi connectivity index (χ0) is 17.2. The number of hydrogen-bond donors (Lipinski definition) is 1. The fourth-order valence-corrected chi connectivity index (χ4v) is 5.55. The van der Waals surface area contributed by atoms with Gasteiger partial charge in [0, 0.05) is 18.8 Å². The van der Waals surface area contributed by atoms with Crippen molar-refractivity contribution in [1.29, 1.82) is 0 Å². The number of sulfonamides is 1. The predicted octanol–water partition coefficient (Wildman–Crippen LogP) is 4.01. The number of thiophene rings is 1. The summed E-state index contributed by atoms with van der Waals surface area (Å²) in [5.74, 6) is 0. The van der Waals surface area contributed by atoms with E-state index in [9.17, 15) is 8.42 Å². The second-order valence-electron chi connectivity index (χ2n) is 5.99. The van der Waals surface area contributed by atoms with Crippen molar-refractivity contribution < 1.29 is 8.42 Å². The molecule has 2 heterocycles. The smallest absolute Gasteiger partial charge is 0.271 e. The van der Waals surface area contributed by atoms with Crippen molar-refractivity contribution in [2.45, 2.75) is 30.4 Å². The van der Waals surface area contributed by atoms with Crippen molar-refractivity contribution in [2.24, 2.45) is 0 Å². The van der Waals surface area contributed by atoms with Crippen molar-refractivity contribution in [1.82, 2.24) is 4.90 Å². The molecule has 1 aliphatic rings. The number of nitrogens with one attached hydrogen (secondary N) is 1. The summed E-state index contributed by atoms with van der Waals surface area (Å²) in [5.41, 5.74) is 3.16. The first-order valence-electron chi connectivity index (χ1n) is 8.10. The molecule has 0 atom stereocenters. The molecule has 0 amide bonds. The Hall–Kier alpha value is -1.08. The number of rotatable bonds is 5. The zero-order valence-corrected chi connectivity index (χ0v) is 16.0. The van der Waals surface area contributed by atoms with Crippen LogP contribution < -0.4 is 4.72 Å². The van der Waals surface area contributed by atoms with Crippen LogP contribution in [0.2, 0.25) is 4.34 Å². The first-order valence-corrected chi connectivity index (χ1v) is 10.8. The molecule has 0 aliphatic carbocycles. The van der Waals surface area contributed by atoms with Gasteiger partial charge in [-0.05, 0) is 61.2 Å². The highest BCUT2D eigenvalue weighted by Gasteiger charge is 2.18. The van der Waals surface area contributed by atoms with Crippen molar-refractivity contribution in [3.63, 3.8) is 0 Å². The normalized spacial score (nSPS) is 15.8. The first kappa shape index (κ1) is 17.7. The van der Waals surface area contributed by atoms with Gasteiger partial charge in [-0.1, -0.05) is 24.6 Å². The van der Waals surface area contributed by atoms with E-state index < -0.39 is 10.0 Å². The van der Waals surface area contributed by atoms with Crippen LogP contribution >= 0.6 is 22.9 Å².